The quantitative estimate of drug-likeness (QED) is 0.479. The van der Waals surface area contributed by atoms with Crippen LogP contribution in [0.25, 0.3) is 5.69 Å². The fourth-order valence-corrected chi connectivity index (χ4v) is 3.45. The minimum atomic E-state index is -0.323. The Morgan fingerprint density at radius 3 is 2.52 bits per heavy atom. The molecule has 1 atom stereocenters. The monoisotopic (exact) mass is 384 g/mol. The van der Waals surface area contributed by atoms with Gasteiger partial charge in [0.2, 0.25) is 11.8 Å². The van der Waals surface area contributed by atoms with E-state index >= 15 is 0 Å². The van der Waals surface area contributed by atoms with Gasteiger partial charge >= 0.3 is 0 Å². The van der Waals surface area contributed by atoms with Gasteiger partial charge in [-0.25, -0.2) is 4.68 Å². The molecule has 1 aliphatic rings. The molecule has 6 heteroatoms. The molecule has 0 fully saturated rings. The van der Waals surface area contributed by atoms with Crippen molar-refractivity contribution in [2.75, 3.05) is 6.61 Å². The van der Waals surface area contributed by atoms with Crippen LogP contribution in [0.1, 0.15) is 29.7 Å². The molecule has 0 N–H and O–H groups in total. The number of hydrogen-bond acceptors (Lipinski definition) is 5. The minimum Gasteiger partial charge on any atom is -0.483 e. The molecule has 2 aromatic carbocycles. The number of aromatic nitrogens is 2. The predicted octanol–water partition coefficient (Wildman–Crippen LogP) is 4.51. The lowest BCUT2D eigenvalue weighted by atomic mass is 9.84. The second-order valence-corrected chi connectivity index (χ2v) is 6.52. The number of hydrogen-bond donors (Lipinski definition) is 0. The van der Waals surface area contributed by atoms with Gasteiger partial charge < -0.3 is 9.47 Å². The maximum atomic E-state index is 9.96. The Balaban J connectivity index is 1.94. The van der Waals surface area contributed by atoms with E-state index in [0.717, 1.165) is 22.5 Å². The molecule has 4 rings (SSSR count). The average molecular weight is 384 g/mol. The van der Waals surface area contributed by atoms with Crippen LogP contribution in [-0.2, 0) is 4.74 Å². The Bertz CT molecular complexity index is 1110. The first-order chi connectivity index (χ1) is 14.2. The van der Waals surface area contributed by atoms with Crippen molar-refractivity contribution in [1.29, 1.82) is 5.26 Å². The van der Waals surface area contributed by atoms with Crippen LogP contribution < -0.4 is 4.74 Å². The first-order valence-corrected chi connectivity index (χ1v) is 9.40. The molecule has 0 saturated heterocycles. The molecule has 0 spiro atoms. The summed E-state index contributed by atoms with van der Waals surface area (Å²) in [6, 6.07) is 21.9. The van der Waals surface area contributed by atoms with Crippen LogP contribution in [0.3, 0.4) is 0 Å². The van der Waals surface area contributed by atoms with E-state index in [1.807, 2.05) is 74.5 Å². The predicted molar refractivity (Wildman–Crippen MR) is 110 cm³/mol. The lowest BCUT2D eigenvalue weighted by Crippen LogP contribution is -2.17. The van der Waals surface area contributed by atoms with Crippen LogP contribution in [0, 0.1) is 18.3 Å². The van der Waals surface area contributed by atoms with E-state index in [-0.39, 0.29) is 11.8 Å². The molecule has 3 aromatic rings. The van der Waals surface area contributed by atoms with Gasteiger partial charge in [-0.3, -0.25) is 0 Å². The number of nitrogens with zero attached hydrogens (tertiary/aromatic N) is 4. The van der Waals surface area contributed by atoms with E-state index in [9.17, 15) is 5.26 Å². The Kier molecular flexibility index (Phi) is 5.12. The lowest BCUT2D eigenvalue weighted by molar-refractivity contribution is 0.331. The van der Waals surface area contributed by atoms with Crippen LogP contribution in [0.5, 0.6) is 5.88 Å². The zero-order valence-corrected chi connectivity index (χ0v) is 16.2. The Morgan fingerprint density at radius 1 is 1.17 bits per heavy atom. The van der Waals surface area contributed by atoms with E-state index in [0.29, 0.717) is 18.1 Å². The van der Waals surface area contributed by atoms with E-state index in [1.165, 1.54) is 6.40 Å². The highest BCUT2D eigenvalue weighted by molar-refractivity contribution is 5.59. The molecule has 1 unspecified atom stereocenters. The van der Waals surface area contributed by atoms with Gasteiger partial charge in [-0.1, -0.05) is 48.5 Å². The summed E-state index contributed by atoms with van der Waals surface area (Å²) >= 11 is 0. The molecule has 0 saturated carbocycles. The molecule has 2 heterocycles. The number of allylic oxidation sites excluding steroid dienone is 1. The van der Waals surface area contributed by atoms with Crippen molar-refractivity contribution in [3.05, 3.63) is 88.9 Å². The van der Waals surface area contributed by atoms with Crippen LogP contribution in [-0.4, -0.2) is 22.8 Å². The highest BCUT2D eigenvalue weighted by Crippen LogP contribution is 2.45. The number of rotatable bonds is 5. The Labute approximate surface area is 169 Å². The fourth-order valence-electron chi connectivity index (χ4n) is 3.45. The van der Waals surface area contributed by atoms with Gasteiger partial charge in [-0.15, -0.1) is 0 Å². The van der Waals surface area contributed by atoms with E-state index in [4.69, 9.17) is 14.6 Å². The summed E-state index contributed by atoms with van der Waals surface area (Å²) in [5.41, 5.74) is 3.95. The molecular weight excluding hydrogens is 364 g/mol. The number of fused-ring (bicyclic) bond motifs is 1. The van der Waals surface area contributed by atoms with Crippen LogP contribution in [0.4, 0.5) is 0 Å². The second kappa shape index (κ2) is 8.03. The first-order valence-electron chi connectivity index (χ1n) is 9.40. The summed E-state index contributed by atoms with van der Waals surface area (Å²) < 4.78 is 13.1. The summed E-state index contributed by atoms with van der Waals surface area (Å²) in [6.07, 6.45) is 1.32. The molecule has 0 aliphatic carbocycles. The van der Waals surface area contributed by atoms with E-state index < -0.39 is 0 Å². The third-order valence-electron chi connectivity index (χ3n) is 4.73. The Hall–Kier alpha value is -3.85. The summed E-state index contributed by atoms with van der Waals surface area (Å²) in [6.45, 7) is 4.28. The average Bonchev–Trinajstić information content (AvgIpc) is 3.10. The lowest BCUT2D eigenvalue weighted by Gasteiger charge is -2.24. The highest BCUT2D eigenvalue weighted by atomic mass is 16.5. The second-order valence-electron chi connectivity index (χ2n) is 6.52. The number of ether oxygens (including phenoxy) is 2. The maximum Gasteiger partial charge on any atom is 0.238 e. The zero-order chi connectivity index (χ0) is 20.2. The summed E-state index contributed by atoms with van der Waals surface area (Å²) in [5, 5.41) is 14.7. The molecule has 144 valence electrons. The van der Waals surface area contributed by atoms with Crippen molar-refractivity contribution in [2.45, 2.75) is 19.8 Å². The number of benzene rings is 2. The standard InChI is InChI=1S/C23H20N4O2/c1-3-28-15-25-22-19(14-24)21(17-10-6-4-7-11-17)20-16(2)26-27(23(20)29-22)18-12-8-5-9-13-18/h4-13,15,21H,3H2,1-2H3. The summed E-state index contributed by atoms with van der Waals surface area (Å²) in [4.78, 5) is 4.29. The van der Waals surface area contributed by atoms with E-state index in [2.05, 4.69) is 11.1 Å². The van der Waals surface area contributed by atoms with Crippen molar-refractivity contribution >= 4 is 6.40 Å². The molecule has 0 amide bonds. The van der Waals surface area contributed by atoms with Gasteiger partial charge in [0.1, 0.15) is 11.6 Å². The van der Waals surface area contributed by atoms with Crippen molar-refractivity contribution < 1.29 is 9.47 Å². The third kappa shape index (κ3) is 3.39. The maximum absolute atomic E-state index is 9.96. The number of para-hydroxylation sites is 1. The van der Waals surface area contributed by atoms with Crippen LogP contribution >= 0.6 is 0 Å². The van der Waals surface area contributed by atoms with Crippen molar-refractivity contribution in [1.82, 2.24) is 9.78 Å². The minimum absolute atomic E-state index is 0.222. The normalized spacial score (nSPS) is 15.7. The fraction of sp³-hybridized carbons (Fsp3) is 0.174. The molecule has 0 bridgehead atoms. The summed E-state index contributed by atoms with van der Waals surface area (Å²) in [7, 11) is 0. The highest BCUT2D eigenvalue weighted by Gasteiger charge is 2.36. The number of aryl methyl sites for hydroxylation is 1. The van der Waals surface area contributed by atoms with Crippen LogP contribution in [0.2, 0.25) is 0 Å². The van der Waals surface area contributed by atoms with Gasteiger partial charge in [-0.2, -0.15) is 15.4 Å². The largest absolute Gasteiger partial charge is 0.483 e. The van der Waals surface area contributed by atoms with Gasteiger partial charge in [0.25, 0.3) is 0 Å². The van der Waals surface area contributed by atoms with Crippen molar-refractivity contribution in [2.24, 2.45) is 4.99 Å². The van der Waals surface area contributed by atoms with Gasteiger partial charge in [0.15, 0.2) is 6.40 Å². The summed E-state index contributed by atoms with van der Waals surface area (Å²) in [5.74, 6) is 0.459. The van der Waals surface area contributed by atoms with Crippen LogP contribution in [0.15, 0.2) is 77.1 Å². The molecule has 6 nitrogen and oxygen atoms in total. The van der Waals surface area contributed by atoms with Gasteiger partial charge in [0.05, 0.1) is 29.5 Å². The van der Waals surface area contributed by atoms with Crippen molar-refractivity contribution in [3.63, 3.8) is 0 Å². The first kappa shape index (κ1) is 18.5. The third-order valence-corrected chi connectivity index (χ3v) is 4.73. The molecule has 0 radical (unpaired) electrons. The number of aliphatic imine (C=N–C) groups is 1. The number of nitriles is 1. The molecule has 1 aliphatic heterocycles. The topological polar surface area (TPSA) is 72.4 Å². The molecular formula is C23H20N4O2. The zero-order valence-electron chi connectivity index (χ0n) is 16.2. The molecule has 29 heavy (non-hydrogen) atoms. The van der Waals surface area contributed by atoms with E-state index in [1.54, 1.807) is 4.68 Å². The van der Waals surface area contributed by atoms with Gasteiger partial charge in [0, 0.05) is 0 Å². The SMILES string of the molecule is CCOC=NC1=C(C#N)C(c2ccccc2)c2c(C)nn(-c3ccccc3)c2O1. The molecule has 1 aromatic heterocycles. The van der Waals surface area contributed by atoms with Gasteiger partial charge in [-0.05, 0) is 31.5 Å². The Morgan fingerprint density at radius 2 is 1.86 bits per heavy atom. The van der Waals surface area contributed by atoms with Crippen molar-refractivity contribution in [3.8, 4) is 17.6 Å². The smallest absolute Gasteiger partial charge is 0.238 e.